The summed E-state index contributed by atoms with van der Waals surface area (Å²) in [6.07, 6.45) is 0. The second-order valence-electron chi connectivity index (χ2n) is 2.92. The van der Waals surface area contributed by atoms with Gasteiger partial charge in [-0.05, 0) is 18.2 Å². The third kappa shape index (κ3) is 3.36. The minimum Gasteiger partial charge on any atom is -0.283 e. The Kier molecular flexibility index (Phi) is 4.10. The van der Waals surface area contributed by atoms with Crippen LogP contribution in [-0.4, -0.2) is 20.1 Å². The van der Waals surface area contributed by atoms with Crippen molar-refractivity contribution in [2.75, 3.05) is 16.4 Å². The molecule has 16 heavy (non-hydrogen) atoms. The lowest BCUT2D eigenvalue weighted by molar-refractivity contribution is 0.602. The highest BCUT2D eigenvalue weighted by Crippen LogP contribution is 2.15. The SMILES string of the molecule is N#Cc1cc(NS(=O)(=O)CCCl)ccc1F. The van der Waals surface area contributed by atoms with E-state index in [2.05, 4.69) is 4.72 Å². The Bertz CT molecular complexity index is 525. The largest absolute Gasteiger partial charge is 0.283 e. The van der Waals surface area contributed by atoms with E-state index in [4.69, 9.17) is 16.9 Å². The molecule has 0 unspecified atom stereocenters. The van der Waals surface area contributed by atoms with E-state index in [-0.39, 0.29) is 22.9 Å². The van der Waals surface area contributed by atoms with E-state index in [9.17, 15) is 12.8 Å². The van der Waals surface area contributed by atoms with Crippen molar-refractivity contribution in [2.24, 2.45) is 0 Å². The van der Waals surface area contributed by atoms with Crippen molar-refractivity contribution in [1.82, 2.24) is 0 Å². The molecule has 0 saturated heterocycles. The molecule has 0 saturated carbocycles. The molecule has 0 spiro atoms. The standard InChI is InChI=1S/C9H8ClFN2O2S/c10-3-4-16(14,15)13-8-1-2-9(11)7(5-8)6-12/h1-2,5,13H,3-4H2. The Morgan fingerprint density at radius 3 is 2.75 bits per heavy atom. The van der Waals surface area contributed by atoms with Gasteiger partial charge in [-0.3, -0.25) is 4.72 Å². The van der Waals surface area contributed by atoms with Crippen molar-refractivity contribution < 1.29 is 12.8 Å². The Hall–Kier alpha value is -1.32. The Labute approximate surface area is 97.7 Å². The maximum atomic E-state index is 12.9. The number of hydrogen-bond acceptors (Lipinski definition) is 3. The molecule has 7 heteroatoms. The van der Waals surface area contributed by atoms with Gasteiger partial charge >= 0.3 is 0 Å². The Balaban J connectivity index is 2.96. The highest BCUT2D eigenvalue weighted by molar-refractivity contribution is 7.92. The van der Waals surface area contributed by atoms with Crippen LogP contribution in [0.3, 0.4) is 0 Å². The van der Waals surface area contributed by atoms with Crippen LogP contribution in [0, 0.1) is 17.1 Å². The highest BCUT2D eigenvalue weighted by atomic mass is 35.5. The van der Waals surface area contributed by atoms with Gasteiger partial charge in [-0.25, -0.2) is 12.8 Å². The summed E-state index contributed by atoms with van der Waals surface area (Å²) in [7, 11) is -3.54. The molecule has 1 aromatic rings. The lowest BCUT2D eigenvalue weighted by Gasteiger charge is -2.06. The fourth-order valence-corrected chi connectivity index (χ4v) is 2.41. The van der Waals surface area contributed by atoms with Crippen LogP contribution in [0.5, 0.6) is 0 Å². The molecular formula is C9H8ClFN2O2S. The van der Waals surface area contributed by atoms with Crippen LogP contribution in [-0.2, 0) is 10.0 Å². The van der Waals surface area contributed by atoms with E-state index < -0.39 is 15.8 Å². The predicted octanol–water partition coefficient (Wildman–Crippen LogP) is 1.68. The number of nitrogens with zero attached hydrogens (tertiary/aromatic N) is 1. The van der Waals surface area contributed by atoms with Crippen molar-refractivity contribution in [2.45, 2.75) is 0 Å². The zero-order valence-corrected chi connectivity index (χ0v) is 9.65. The molecule has 0 bridgehead atoms. The fraction of sp³-hybridized carbons (Fsp3) is 0.222. The summed E-state index contributed by atoms with van der Waals surface area (Å²) in [5.41, 5.74) is -0.0749. The summed E-state index contributed by atoms with van der Waals surface area (Å²) in [4.78, 5) is 0. The second kappa shape index (κ2) is 5.14. The van der Waals surface area contributed by atoms with E-state index in [0.29, 0.717) is 0 Å². The van der Waals surface area contributed by atoms with Crippen molar-refractivity contribution in [1.29, 1.82) is 5.26 Å². The van der Waals surface area contributed by atoms with Crippen LogP contribution in [0.4, 0.5) is 10.1 Å². The quantitative estimate of drug-likeness (QED) is 0.840. The summed E-state index contributed by atoms with van der Waals surface area (Å²) >= 11 is 5.30. The topological polar surface area (TPSA) is 70.0 Å². The van der Waals surface area contributed by atoms with Gasteiger partial charge in [0.2, 0.25) is 10.0 Å². The molecule has 0 atom stereocenters. The number of nitriles is 1. The van der Waals surface area contributed by atoms with Gasteiger partial charge in [0.25, 0.3) is 0 Å². The van der Waals surface area contributed by atoms with Gasteiger partial charge in [0.05, 0.1) is 11.3 Å². The lowest BCUT2D eigenvalue weighted by atomic mass is 10.2. The van der Waals surface area contributed by atoms with E-state index >= 15 is 0 Å². The molecule has 86 valence electrons. The van der Waals surface area contributed by atoms with Crippen molar-refractivity contribution in [3.8, 4) is 6.07 Å². The van der Waals surface area contributed by atoms with E-state index in [1.807, 2.05) is 0 Å². The number of sulfonamides is 1. The second-order valence-corrected chi connectivity index (χ2v) is 5.14. The van der Waals surface area contributed by atoms with E-state index in [0.717, 1.165) is 12.1 Å². The third-order valence-corrected chi connectivity index (χ3v) is 3.41. The van der Waals surface area contributed by atoms with Gasteiger partial charge in [0.1, 0.15) is 11.9 Å². The van der Waals surface area contributed by atoms with Gasteiger partial charge in [-0.1, -0.05) is 0 Å². The summed E-state index contributed by atoms with van der Waals surface area (Å²) in [5.74, 6) is -0.974. The number of benzene rings is 1. The van der Waals surface area contributed by atoms with Gasteiger partial charge < -0.3 is 0 Å². The molecule has 1 N–H and O–H groups in total. The first-order chi connectivity index (χ1) is 7.48. The molecular weight excluding hydrogens is 255 g/mol. The zero-order chi connectivity index (χ0) is 12.2. The molecule has 0 aromatic heterocycles. The number of anilines is 1. The third-order valence-electron chi connectivity index (χ3n) is 1.71. The van der Waals surface area contributed by atoms with Gasteiger partial charge in [-0.2, -0.15) is 5.26 Å². The molecule has 0 aliphatic carbocycles. The minimum absolute atomic E-state index is 0.0400. The Morgan fingerprint density at radius 2 is 2.19 bits per heavy atom. The van der Waals surface area contributed by atoms with Crippen molar-refractivity contribution in [3.63, 3.8) is 0 Å². The zero-order valence-electron chi connectivity index (χ0n) is 8.07. The molecule has 1 rings (SSSR count). The number of alkyl halides is 1. The van der Waals surface area contributed by atoms with Crippen LogP contribution >= 0.6 is 11.6 Å². The first-order valence-electron chi connectivity index (χ1n) is 4.24. The van der Waals surface area contributed by atoms with Gasteiger partial charge in [-0.15, -0.1) is 11.6 Å². The molecule has 0 aliphatic heterocycles. The average molecular weight is 263 g/mol. The van der Waals surface area contributed by atoms with Gasteiger partial charge in [0, 0.05) is 11.6 Å². The summed E-state index contributed by atoms with van der Waals surface area (Å²) in [5, 5.41) is 8.56. The van der Waals surface area contributed by atoms with Crippen molar-refractivity contribution in [3.05, 3.63) is 29.6 Å². The normalized spacial score (nSPS) is 10.8. The van der Waals surface area contributed by atoms with Gasteiger partial charge in [0.15, 0.2) is 0 Å². The van der Waals surface area contributed by atoms with Crippen LogP contribution in [0.25, 0.3) is 0 Å². The van der Waals surface area contributed by atoms with Crippen LogP contribution in [0.1, 0.15) is 5.56 Å². The van der Waals surface area contributed by atoms with Crippen LogP contribution in [0.15, 0.2) is 18.2 Å². The molecule has 4 nitrogen and oxygen atoms in total. The molecule has 0 radical (unpaired) electrons. The summed E-state index contributed by atoms with van der Waals surface area (Å²) in [6.45, 7) is 0. The molecule has 0 fully saturated rings. The van der Waals surface area contributed by atoms with E-state index in [1.165, 1.54) is 6.07 Å². The fourth-order valence-electron chi connectivity index (χ4n) is 1.01. The van der Waals surface area contributed by atoms with E-state index in [1.54, 1.807) is 6.07 Å². The number of halogens is 2. The van der Waals surface area contributed by atoms with Crippen molar-refractivity contribution >= 4 is 27.3 Å². The summed E-state index contributed by atoms with van der Waals surface area (Å²) < 4.78 is 37.7. The molecule has 0 amide bonds. The maximum absolute atomic E-state index is 12.9. The first-order valence-corrected chi connectivity index (χ1v) is 6.43. The number of hydrogen-bond donors (Lipinski definition) is 1. The number of rotatable bonds is 4. The first kappa shape index (κ1) is 12.7. The lowest BCUT2D eigenvalue weighted by Crippen LogP contribution is -2.17. The minimum atomic E-state index is -3.54. The maximum Gasteiger partial charge on any atom is 0.233 e. The number of nitrogens with one attached hydrogen (secondary N) is 1. The molecule has 1 aromatic carbocycles. The average Bonchev–Trinajstić information content (AvgIpc) is 2.20. The Morgan fingerprint density at radius 1 is 1.50 bits per heavy atom. The molecule has 0 aliphatic rings. The predicted molar refractivity (Wildman–Crippen MR) is 59.2 cm³/mol. The molecule has 0 heterocycles. The monoisotopic (exact) mass is 262 g/mol. The van der Waals surface area contributed by atoms with Crippen LogP contribution in [0.2, 0.25) is 0 Å². The summed E-state index contributed by atoms with van der Waals surface area (Å²) in [6, 6.07) is 5.01. The smallest absolute Gasteiger partial charge is 0.233 e. The highest BCUT2D eigenvalue weighted by Gasteiger charge is 2.10. The van der Waals surface area contributed by atoms with Crippen LogP contribution < -0.4 is 4.72 Å².